The number of hydrogen-bond donors (Lipinski definition) is 1. The number of carbonyl (C=O) groups is 3. The van der Waals surface area contributed by atoms with E-state index in [-0.39, 0.29) is 30.2 Å². The molecule has 2 aliphatic rings. The number of carbonyl (C=O) groups excluding carboxylic acids is 2. The van der Waals surface area contributed by atoms with Crippen LogP contribution in [0.3, 0.4) is 0 Å². The number of hydrogen-bond acceptors (Lipinski definition) is 4. The maximum absolute atomic E-state index is 12.9. The normalized spacial score (nSPS) is 25.3. The molecule has 0 spiro atoms. The number of aliphatic carboxylic acids is 1. The molecule has 130 valence electrons. The number of amides is 2. The van der Waals surface area contributed by atoms with Crippen LogP contribution in [-0.2, 0) is 14.4 Å². The van der Waals surface area contributed by atoms with Crippen molar-refractivity contribution >= 4 is 29.5 Å². The number of likely N-dealkylation sites (tertiary alicyclic amines) is 1. The maximum Gasteiger partial charge on any atom is 0.305 e. The van der Waals surface area contributed by atoms with Crippen LogP contribution >= 0.6 is 11.8 Å². The smallest absolute Gasteiger partial charge is 0.305 e. The van der Waals surface area contributed by atoms with Crippen molar-refractivity contribution in [2.75, 3.05) is 31.1 Å². The molecule has 0 aromatic heterocycles. The molecule has 0 aromatic carbocycles. The molecule has 2 fully saturated rings. The molecular weight excluding hydrogens is 316 g/mol. The third kappa shape index (κ3) is 4.86. The van der Waals surface area contributed by atoms with E-state index in [0.29, 0.717) is 25.3 Å². The summed E-state index contributed by atoms with van der Waals surface area (Å²) in [6, 6.07) is -0.222. The minimum atomic E-state index is -0.862. The average molecular weight is 342 g/mol. The van der Waals surface area contributed by atoms with Gasteiger partial charge in [0.1, 0.15) is 0 Å². The predicted molar refractivity (Wildman–Crippen MR) is 89.3 cm³/mol. The minimum absolute atomic E-state index is 0.00391. The monoisotopic (exact) mass is 342 g/mol. The van der Waals surface area contributed by atoms with Crippen molar-refractivity contribution < 1.29 is 19.5 Å². The molecule has 0 saturated carbocycles. The quantitative estimate of drug-likeness (QED) is 0.818. The van der Waals surface area contributed by atoms with E-state index in [0.717, 1.165) is 31.6 Å². The highest BCUT2D eigenvalue weighted by Crippen LogP contribution is 2.25. The van der Waals surface area contributed by atoms with Crippen LogP contribution in [0.5, 0.6) is 0 Å². The van der Waals surface area contributed by atoms with Gasteiger partial charge in [-0.25, -0.2) is 0 Å². The number of thioether (sulfide) groups is 1. The Kier molecular flexibility index (Phi) is 6.74. The molecule has 0 aliphatic carbocycles. The third-order valence-electron chi connectivity index (χ3n) is 4.51. The first-order valence-electron chi connectivity index (χ1n) is 8.40. The lowest BCUT2D eigenvalue weighted by Gasteiger charge is -2.39. The highest BCUT2D eigenvalue weighted by Gasteiger charge is 2.35. The van der Waals surface area contributed by atoms with E-state index < -0.39 is 5.97 Å². The van der Waals surface area contributed by atoms with Crippen LogP contribution in [0.15, 0.2) is 0 Å². The van der Waals surface area contributed by atoms with Crippen molar-refractivity contribution in [1.82, 2.24) is 9.80 Å². The van der Waals surface area contributed by atoms with Crippen LogP contribution in [0, 0.1) is 5.92 Å². The highest BCUT2D eigenvalue weighted by atomic mass is 32.2. The first kappa shape index (κ1) is 18.1. The fourth-order valence-corrected chi connectivity index (χ4v) is 4.39. The zero-order valence-corrected chi connectivity index (χ0v) is 14.5. The maximum atomic E-state index is 12.9. The van der Waals surface area contributed by atoms with Gasteiger partial charge in [-0.2, -0.15) is 11.8 Å². The van der Waals surface area contributed by atoms with Crippen LogP contribution < -0.4 is 0 Å². The minimum Gasteiger partial charge on any atom is -0.481 e. The van der Waals surface area contributed by atoms with E-state index in [4.69, 9.17) is 5.11 Å². The topological polar surface area (TPSA) is 77.9 Å². The van der Waals surface area contributed by atoms with Crippen molar-refractivity contribution in [2.45, 2.75) is 45.1 Å². The Hall–Kier alpha value is -1.24. The van der Waals surface area contributed by atoms with Crippen molar-refractivity contribution in [1.29, 1.82) is 0 Å². The van der Waals surface area contributed by atoms with Crippen LogP contribution in [0.2, 0.25) is 0 Å². The zero-order chi connectivity index (χ0) is 16.8. The second-order valence-corrected chi connectivity index (χ2v) is 7.44. The van der Waals surface area contributed by atoms with Crippen molar-refractivity contribution in [3.8, 4) is 0 Å². The molecule has 1 N–H and O–H groups in total. The summed E-state index contributed by atoms with van der Waals surface area (Å²) in [5, 5.41) is 9.05. The van der Waals surface area contributed by atoms with Gasteiger partial charge in [0.2, 0.25) is 11.8 Å². The number of rotatable bonds is 5. The molecule has 2 amide bonds. The summed E-state index contributed by atoms with van der Waals surface area (Å²) in [7, 11) is 0. The number of carboxylic acid groups (broad SMARTS) is 1. The molecule has 0 aromatic rings. The van der Waals surface area contributed by atoms with Gasteiger partial charge in [-0.15, -0.1) is 0 Å². The molecule has 2 unspecified atom stereocenters. The molecule has 7 heteroatoms. The van der Waals surface area contributed by atoms with Crippen LogP contribution in [0.1, 0.15) is 39.0 Å². The predicted octanol–water partition coefficient (Wildman–Crippen LogP) is 1.44. The summed E-state index contributed by atoms with van der Waals surface area (Å²) in [5.74, 6) is 0.658. The summed E-state index contributed by atoms with van der Waals surface area (Å²) in [4.78, 5) is 39.5. The van der Waals surface area contributed by atoms with Gasteiger partial charge in [0.25, 0.3) is 0 Å². The Balaban J connectivity index is 1.99. The summed E-state index contributed by atoms with van der Waals surface area (Å²) < 4.78 is 0. The lowest BCUT2D eigenvalue weighted by atomic mass is 9.95. The largest absolute Gasteiger partial charge is 0.481 e. The van der Waals surface area contributed by atoms with Crippen LogP contribution in [-0.4, -0.2) is 69.9 Å². The fraction of sp³-hybridized carbons (Fsp3) is 0.812. The average Bonchev–Trinajstić information content (AvgIpc) is 2.54. The molecule has 2 heterocycles. The molecule has 2 atom stereocenters. The van der Waals surface area contributed by atoms with Gasteiger partial charge >= 0.3 is 5.97 Å². The van der Waals surface area contributed by atoms with Gasteiger partial charge in [0, 0.05) is 37.6 Å². The van der Waals surface area contributed by atoms with Gasteiger partial charge in [-0.3, -0.25) is 14.4 Å². The second kappa shape index (κ2) is 8.57. The lowest BCUT2D eigenvalue weighted by Crippen LogP contribution is -2.52. The van der Waals surface area contributed by atoms with E-state index in [9.17, 15) is 14.4 Å². The van der Waals surface area contributed by atoms with Crippen molar-refractivity contribution in [2.24, 2.45) is 5.92 Å². The number of nitrogens with zero attached hydrogens (tertiary/aromatic N) is 2. The zero-order valence-electron chi connectivity index (χ0n) is 13.7. The van der Waals surface area contributed by atoms with Gasteiger partial charge in [-0.1, -0.05) is 6.92 Å². The molecule has 23 heavy (non-hydrogen) atoms. The number of piperidine rings is 1. The van der Waals surface area contributed by atoms with E-state index >= 15 is 0 Å². The molecule has 0 radical (unpaired) electrons. The lowest BCUT2D eigenvalue weighted by molar-refractivity contribution is -0.144. The number of carboxylic acids is 1. The van der Waals surface area contributed by atoms with E-state index in [1.165, 1.54) is 0 Å². The van der Waals surface area contributed by atoms with Gasteiger partial charge in [0.15, 0.2) is 0 Å². The fourth-order valence-electron chi connectivity index (χ4n) is 3.33. The molecule has 6 nitrogen and oxygen atoms in total. The summed E-state index contributed by atoms with van der Waals surface area (Å²) in [6.45, 7) is 3.81. The second-order valence-electron chi connectivity index (χ2n) is 6.29. The Bertz CT molecular complexity index is 457. The van der Waals surface area contributed by atoms with Crippen molar-refractivity contribution in [3.63, 3.8) is 0 Å². The Morgan fingerprint density at radius 3 is 2.74 bits per heavy atom. The Morgan fingerprint density at radius 1 is 1.26 bits per heavy atom. The molecule has 0 bridgehead atoms. The standard InChI is InChI=1S/C16H26N2O4S/c1-2-4-14(19)17-6-3-5-12(10-17)16(22)18-7-8-23-11-13(18)9-15(20)21/h12-13H,2-11H2,1H3,(H,20,21). The SMILES string of the molecule is CCCC(=O)N1CCCC(C(=O)N2CCSCC2CC(=O)O)C1. The summed E-state index contributed by atoms with van der Waals surface area (Å²) in [6.07, 6.45) is 2.99. The van der Waals surface area contributed by atoms with E-state index in [1.807, 2.05) is 6.92 Å². The molecule has 2 rings (SSSR count). The molecular formula is C16H26N2O4S. The van der Waals surface area contributed by atoms with E-state index in [2.05, 4.69) is 0 Å². The first-order chi connectivity index (χ1) is 11.0. The molecule has 2 saturated heterocycles. The summed E-state index contributed by atoms with van der Waals surface area (Å²) >= 11 is 1.70. The Labute approximate surface area is 141 Å². The first-order valence-corrected chi connectivity index (χ1v) is 9.56. The van der Waals surface area contributed by atoms with Crippen LogP contribution in [0.25, 0.3) is 0 Å². The van der Waals surface area contributed by atoms with Gasteiger partial charge in [0.05, 0.1) is 18.4 Å². The third-order valence-corrected chi connectivity index (χ3v) is 5.60. The van der Waals surface area contributed by atoms with Gasteiger partial charge < -0.3 is 14.9 Å². The Morgan fingerprint density at radius 2 is 2.04 bits per heavy atom. The summed E-state index contributed by atoms with van der Waals surface area (Å²) in [5.41, 5.74) is 0. The molecule has 2 aliphatic heterocycles. The van der Waals surface area contributed by atoms with Gasteiger partial charge in [-0.05, 0) is 19.3 Å². The van der Waals surface area contributed by atoms with E-state index in [1.54, 1.807) is 21.6 Å². The highest BCUT2D eigenvalue weighted by molar-refractivity contribution is 7.99. The van der Waals surface area contributed by atoms with Crippen molar-refractivity contribution in [3.05, 3.63) is 0 Å². The van der Waals surface area contributed by atoms with Crippen LogP contribution in [0.4, 0.5) is 0 Å².